The molecule has 4 heterocycles. The molecule has 0 radical (unpaired) electrons. The van der Waals surface area contributed by atoms with Gasteiger partial charge in [-0.1, -0.05) is 18.2 Å². The van der Waals surface area contributed by atoms with E-state index in [2.05, 4.69) is 21.7 Å². The van der Waals surface area contributed by atoms with E-state index < -0.39 is 30.0 Å². The molecule has 2 aromatic carbocycles. The van der Waals surface area contributed by atoms with Crippen molar-refractivity contribution < 1.29 is 33.5 Å². The number of aliphatic carboxylic acids is 1. The SMILES string of the molecule is CC/N=c1/cc2oc3cc(NCC)c(C)cc3c(-c3ccccc3C(=O)NCC(=O)N3CCCC3C(=O)N3CCCC3C(=O)N3CCCC3C(=O)O)c-2cc1C. The van der Waals surface area contributed by atoms with Gasteiger partial charge in [0.2, 0.25) is 17.7 Å². The highest BCUT2D eigenvalue weighted by molar-refractivity contribution is 6.10. The number of hydrogen-bond acceptors (Lipinski definition) is 8. The van der Waals surface area contributed by atoms with Crippen LogP contribution in [-0.4, -0.2) is 107 Å². The first kappa shape index (κ1) is 38.6. The second-order valence-electron chi connectivity index (χ2n) is 15.0. The van der Waals surface area contributed by atoms with Gasteiger partial charge in [-0.2, -0.15) is 0 Å². The average Bonchev–Trinajstić information content (AvgIpc) is 3.99. The van der Waals surface area contributed by atoms with Crippen molar-refractivity contribution in [3.63, 3.8) is 0 Å². The summed E-state index contributed by atoms with van der Waals surface area (Å²) in [4.78, 5) is 76.3. The smallest absolute Gasteiger partial charge is 0.326 e. The van der Waals surface area contributed by atoms with E-state index in [0.717, 1.165) is 45.2 Å². The number of benzene rings is 3. The molecular formula is C43H50N6O7. The molecule has 294 valence electrons. The lowest BCUT2D eigenvalue weighted by Crippen LogP contribution is -2.55. The maximum absolute atomic E-state index is 14.1. The fraction of sp³-hybridized carbons (Fsp3) is 0.442. The zero-order valence-corrected chi connectivity index (χ0v) is 32.5. The second kappa shape index (κ2) is 16.2. The van der Waals surface area contributed by atoms with E-state index in [1.54, 1.807) is 12.1 Å². The number of anilines is 1. The Kier molecular flexibility index (Phi) is 11.1. The molecule has 1 aliphatic carbocycles. The molecule has 2 aromatic rings. The Balaban J connectivity index is 1.14. The maximum Gasteiger partial charge on any atom is 0.326 e. The standard InChI is InChI=1S/C43H50N6O7/c1-5-44-31-22-36-29(20-25(31)3)39(30-21-26(4)32(45-6-2)23-37(30)56-36)27-12-7-8-13-28(27)40(51)46-24-38(50)47-17-9-14-33(47)41(52)48-18-10-15-34(48)42(53)49-19-11-16-35(49)43(54)55/h7-8,12-13,20-23,33-35,44H,5-6,9-11,14-19,24H2,1-4H3,(H,46,51)(H,54,55)/b45-32-. The highest BCUT2D eigenvalue weighted by atomic mass is 16.4. The number of nitrogens with one attached hydrogen (secondary N) is 2. The van der Waals surface area contributed by atoms with Crippen LogP contribution in [0.5, 0.6) is 0 Å². The minimum atomic E-state index is -1.04. The lowest BCUT2D eigenvalue weighted by atomic mass is 9.89. The molecule has 0 aromatic heterocycles. The normalized spacial score (nSPS) is 20.0. The van der Waals surface area contributed by atoms with Crippen molar-refractivity contribution in [1.29, 1.82) is 0 Å². The number of likely N-dealkylation sites (tertiary alicyclic amines) is 3. The van der Waals surface area contributed by atoms with Gasteiger partial charge in [0.05, 0.1) is 11.9 Å². The van der Waals surface area contributed by atoms with Crippen LogP contribution in [0.4, 0.5) is 5.69 Å². The fourth-order valence-electron chi connectivity index (χ4n) is 8.73. The summed E-state index contributed by atoms with van der Waals surface area (Å²) in [5, 5.41) is 17.6. The number of carboxylic acids is 1. The van der Waals surface area contributed by atoms with Gasteiger partial charge in [0.15, 0.2) is 0 Å². The van der Waals surface area contributed by atoms with Crippen molar-refractivity contribution in [3.05, 3.63) is 70.6 Å². The van der Waals surface area contributed by atoms with Crippen LogP contribution in [0.1, 0.15) is 73.9 Å². The van der Waals surface area contributed by atoms with Crippen molar-refractivity contribution in [1.82, 2.24) is 20.0 Å². The third-order valence-corrected chi connectivity index (χ3v) is 11.4. The van der Waals surface area contributed by atoms with Gasteiger partial charge < -0.3 is 34.9 Å². The van der Waals surface area contributed by atoms with Gasteiger partial charge in [-0.05, 0) is 101 Å². The number of carbonyl (C=O) groups is 5. The number of fused-ring (bicyclic) bond motifs is 2. The fourth-order valence-corrected chi connectivity index (χ4v) is 8.73. The predicted octanol–water partition coefficient (Wildman–Crippen LogP) is 4.96. The summed E-state index contributed by atoms with van der Waals surface area (Å²) in [5.41, 5.74) is 6.33. The van der Waals surface area contributed by atoms with Gasteiger partial charge in [0, 0.05) is 72.6 Å². The first-order valence-electron chi connectivity index (χ1n) is 19.8. The molecule has 7 rings (SSSR count). The molecule has 13 nitrogen and oxygen atoms in total. The van der Waals surface area contributed by atoms with E-state index in [0.29, 0.717) is 87.2 Å². The van der Waals surface area contributed by atoms with Crippen LogP contribution >= 0.6 is 0 Å². The predicted molar refractivity (Wildman–Crippen MR) is 212 cm³/mol. The monoisotopic (exact) mass is 762 g/mol. The number of rotatable bonds is 10. The molecule has 3 saturated heterocycles. The van der Waals surface area contributed by atoms with Gasteiger partial charge >= 0.3 is 5.97 Å². The van der Waals surface area contributed by atoms with Crippen LogP contribution < -0.4 is 16.0 Å². The maximum atomic E-state index is 14.1. The Hall–Kier alpha value is -5.72. The molecule has 3 fully saturated rings. The van der Waals surface area contributed by atoms with Crippen LogP contribution in [-0.2, 0) is 19.2 Å². The van der Waals surface area contributed by atoms with Crippen molar-refractivity contribution in [2.75, 3.05) is 44.6 Å². The van der Waals surface area contributed by atoms with E-state index in [4.69, 9.17) is 4.42 Å². The Morgan fingerprint density at radius 1 is 0.804 bits per heavy atom. The summed E-state index contributed by atoms with van der Waals surface area (Å²) in [5.74, 6) is -1.86. The van der Waals surface area contributed by atoms with Crippen molar-refractivity contribution in [2.24, 2.45) is 4.99 Å². The van der Waals surface area contributed by atoms with Crippen LogP contribution in [0.2, 0.25) is 0 Å². The van der Waals surface area contributed by atoms with Gasteiger partial charge in [-0.15, -0.1) is 0 Å². The van der Waals surface area contributed by atoms with Crippen molar-refractivity contribution >= 4 is 46.3 Å². The molecule has 0 saturated carbocycles. The second-order valence-corrected chi connectivity index (χ2v) is 15.0. The zero-order chi connectivity index (χ0) is 39.7. The van der Waals surface area contributed by atoms with Gasteiger partial charge in [0.25, 0.3) is 5.91 Å². The number of hydrogen-bond donors (Lipinski definition) is 3. The molecule has 13 heteroatoms. The van der Waals surface area contributed by atoms with E-state index in [-0.39, 0.29) is 24.3 Å². The highest BCUT2D eigenvalue weighted by Crippen LogP contribution is 2.43. The van der Waals surface area contributed by atoms with Gasteiger partial charge in [-0.25, -0.2) is 4.79 Å². The first-order chi connectivity index (χ1) is 27.0. The largest absolute Gasteiger partial charge is 0.480 e. The highest BCUT2D eigenvalue weighted by Gasteiger charge is 2.45. The number of aryl methyl sites for hydroxylation is 2. The summed E-state index contributed by atoms with van der Waals surface area (Å²) in [7, 11) is 0. The van der Waals surface area contributed by atoms with E-state index >= 15 is 0 Å². The third-order valence-electron chi connectivity index (χ3n) is 11.4. The van der Waals surface area contributed by atoms with Crippen LogP contribution in [0.25, 0.3) is 33.4 Å². The Bertz CT molecular complexity index is 2250. The number of carboxylic acid groups (broad SMARTS) is 1. The molecule has 3 N–H and O–H groups in total. The molecule has 5 aliphatic rings. The van der Waals surface area contributed by atoms with E-state index in [1.807, 2.05) is 58.0 Å². The molecule has 4 aliphatic heterocycles. The van der Waals surface area contributed by atoms with Crippen molar-refractivity contribution in [3.8, 4) is 22.5 Å². The van der Waals surface area contributed by atoms with Crippen LogP contribution in [0.15, 0.2) is 57.9 Å². The van der Waals surface area contributed by atoms with E-state index in [1.165, 1.54) is 14.7 Å². The Morgan fingerprint density at radius 3 is 2.12 bits per heavy atom. The van der Waals surface area contributed by atoms with E-state index in [9.17, 15) is 29.1 Å². The molecular weight excluding hydrogens is 713 g/mol. The summed E-state index contributed by atoms with van der Waals surface area (Å²) in [6.45, 7) is 10.2. The van der Waals surface area contributed by atoms with Crippen molar-refractivity contribution in [2.45, 2.75) is 84.3 Å². The van der Waals surface area contributed by atoms with Gasteiger partial charge in [-0.3, -0.25) is 24.2 Å². The lowest BCUT2D eigenvalue weighted by molar-refractivity contribution is -0.153. The average molecular weight is 763 g/mol. The Morgan fingerprint density at radius 2 is 1.45 bits per heavy atom. The molecule has 3 unspecified atom stereocenters. The number of amides is 4. The summed E-state index contributed by atoms with van der Waals surface area (Å²) in [6, 6.07) is 13.0. The topological polar surface area (TPSA) is 165 Å². The quantitative estimate of drug-likeness (QED) is 0.191. The summed E-state index contributed by atoms with van der Waals surface area (Å²) < 4.78 is 6.53. The molecule has 3 atom stereocenters. The number of nitrogens with zero attached hydrogens (tertiary/aromatic N) is 4. The van der Waals surface area contributed by atoms with Crippen LogP contribution in [0, 0.1) is 13.8 Å². The lowest BCUT2D eigenvalue weighted by Gasteiger charge is -2.33. The Labute approximate surface area is 326 Å². The first-order valence-corrected chi connectivity index (χ1v) is 19.8. The minimum absolute atomic E-state index is 0.305. The van der Waals surface area contributed by atoms with Crippen LogP contribution in [0.3, 0.4) is 0 Å². The zero-order valence-electron chi connectivity index (χ0n) is 32.5. The molecule has 0 bridgehead atoms. The molecule has 56 heavy (non-hydrogen) atoms. The van der Waals surface area contributed by atoms with Gasteiger partial charge in [0.1, 0.15) is 29.5 Å². The third kappa shape index (κ3) is 7.22. The summed E-state index contributed by atoms with van der Waals surface area (Å²) >= 11 is 0. The molecule has 4 amide bonds. The summed E-state index contributed by atoms with van der Waals surface area (Å²) in [6.07, 6.45) is 3.13. The molecule has 0 spiro atoms. The number of carbonyl (C=O) groups excluding carboxylic acids is 4. The minimum Gasteiger partial charge on any atom is -0.480 e.